The van der Waals surface area contributed by atoms with Gasteiger partial charge in [-0.05, 0) is 12.1 Å². The summed E-state index contributed by atoms with van der Waals surface area (Å²) in [6.45, 7) is 0. The highest BCUT2D eigenvalue weighted by atomic mass is 16.5. The predicted octanol–water partition coefficient (Wildman–Crippen LogP) is 0.591. The number of carbonyl (C=O) groups is 1. The van der Waals surface area contributed by atoms with Crippen LogP contribution < -0.4 is 5.32 Å². The van der Waals surface area contributed by atoms with Crippen LogP contribution in [0.2, 0.25) is 0 Å². The van der Waals surface area contributed by atoms with Gasteiger partial charge in [0.15, 0.2) is 0 Å². The minimum absolute atomic E-state index is 0.238. The van der Waals surface area contributed by atoms with Gasteiger partial charge in [0.05, 0.1) is 18.5 Å². The number of aromatic nitrogens is 1. The molecule has 0 amide bonds. The zero-order chi connectivity index (χ0) is 9.26. The Bertz CT molecular complexity index is 313. The zero-order valence-electron chi connectivity index (χ0n) is 7.28. The highest BCUT2D eigenvalue weighted by Gasteiger charge is 2.27. The van der Waals surface area contributed by atoms with Crippen LogP contribution in [0.25, 0.3) is 0 Å². The van der Waals surface area contributed by atoms with Gasteiger partial charge in [0, 0.05) is 12.6 Å². The molecule has 1 N–H and O–H groups in total. The summed E-state index contributed by atoms with van der Waals surface area (Å²) in [5.74, 6) is -0.238. The molecule has 4 heteroatoms. The van der Waals surface area contributed by atoms with Crippen LogP contribution >= 0.6 is 0 Å². The van der Waals surface area contributed by atoms with Crippen molar-refractivity contribution >= 4 is 11.7 Å². The van der Waals surface area contributed by atoms with E-state index in [1.54, 1.807) is 6.20 Å². The third-order valence-corrected chi connectivity index (χ3v) is 2.10. The molecule has 1 aliphatic heterocycles. The smallest absolute Gasteiger partial charge is 0.328 e. The number of fused-ring (bicyclic) bond motifs is 1. The van der Waals surface area contributed by atoms with Gasteiger partial charge in [-0.25, -0.2) is 4.79 Å². The van der Waals surface area contributed by atoms with Crippen molar-refractivity contribution in [1.82, 2.24) is 4.98 Å². The molecule has 2 heterocycles. The van der Waals surface area contributed by atoms with E-state index in [1.807, 2.05) is 12.1 Å². The van der Waals surface area contributed by atoms with Crippen LogP contribution in [0.4, 0.5) is 5.69 Å². The van der Waals surface area contributed by atoms with Crippen molar-refractivity contribution in [3.8, 4) is 0 Å². The van der Waals surface area contributed by atoms with E-state index in [1.165, 1.54) is 7.11 Å². The molecule has 0 saturated carbocycles. The van der Waals surface area contributed by atoms with E-state index in [-0.39, 0.29) is 12.0 Å². The van der Waals surface area contributed by atoms with Gasteiger partial charge in [-0.2, -0.15) is 0 Å². The largest absolute Gasteiger partial charge is 0.467 e. The Labute approximate surface area is 75.9 Å². The van der Waals surface area contributed by atoms with Crippen LogP contribution in [0.1, 0.15) is 5.69 Å². The fourth-order valence-electron chi connectivity index (χ4n) is 1.45. The van der Waals surface area contributed by atoms with Gasteiger partial charge in [0.2, 0.25) is 0 Å². The van der Waals surface area contributed by atoms with Gasteiger partial charge in [0.25, 0.3) is 0 Å². The van der Waals surface area contributed by atoms with Crippen LogP contribution in [0.3, 0.4) is 0 Å². The molecule has 0 aromatic carbocycles. The quantitative estimate of drug-likeness (QED) is 0.639. The lowest BCUT2D eigenvalue weighted by Gasteiger charge is -2.06. The minimum Gasteiger partial charge on any atom is -0.467 e. The monoisotopic (exact) mass is 178 g/mol. The second-order valence-electron chi connectivity index (χ2n) is 2.92. The lowest BCUT2D eigenvalue weighted by molar-refractivity contribution is -0.141. The zero-order valence-corrected chi connectivity index (χ0v) is 7.28. The lowest BCUT2D eigenvalue weighted by Crippen LogP contribution is -2.27. The van der Waals surface area contributed by atoms with Gasteiger partial charge in [-0.15, -0.1) is 0 Å². The van der Waals surface area contributed by atoms with E-state index in [4.69, 9.17) is 0 Å². The fraction of sp³-hybridized carbons (Fsp3) is 0.333. The molecular weight excluding hydrogens is 168 g/mol. The summed E-state index contributed by atoms with van der Waals surface area (Å²) >= 11 is 0. The van der Waals surface area contributed by atoms with Crippen molar-refractivity contribution in [1.29, 1.82) is 0 Å². The summed E-state index contributed by atoms with van der Waals surface area (Å²) < 4.78 is 4.64. The average molecular weight is 178 g/mol. The normalized spacial score (nSPS) is 19.0. The highest BCUT2D eigenvalue weighted by molar-refractivity contribution is 5.82. The highest BCUT2D eigenvalue weighted by Crippen LogP contribution is 2.23. The van der Waals surface area contributed by atoms with Crippen LogP contribution in [0.15, 0.2) is 18.3 Å². The fourth-order valence-corrected chi connectivity index (χ4v) is 1.45. The summed E-state index contributed by atoms with van der Waals surface area (Å²) in [6, 6.07) is 3.48. The Kier molecular flexibility index (Phi) is 1.88. The maximum atomic E-state index is 11.2. The minimum atomic E-state index is -0.269. The number of carbonyl (C=O) groups excluding carboxylic acids is 1. The average Bonchev–Trinajstić information content (AvgIpc) is 2.59. The van der Waals surface area contributed by atoms with E-state index < -0.39 is 0 Å². The number of hydrogen-bond donors (Lipinski definition) is 1. The number of anilines is 1. The van der Waals surface area contributed by atoms with Gasteiger partial charge in [0.1, 0.15) is 6.04 Å². The predicted molar refractivity (Wildman–Crippen MR) is 47.4 cm³/mol. The van der Waals surface area contributed by atoms with Crippen LogP contribution in [0.5, 0.6) is 0 Å². The van der Waals surface area contributed by atoms with E-state index in [9.17, 15) is 4.79 Å². The molecule has 2 rings (SSSR count). The molecule has 1 aromatic rings. The molecule has 0 fully saturated rings. The Hall–Kier alpha value is -1.58. The molecule has 0 radical (unpaired) electrons. The molecule has 1 aliphatic rings. The number of ether oxygens (including phenoxy) is 1. The third kappa shape index (κ3) is 1.35. The molecule has 4 nitrogen and oxygen atoms in total. The molecule has 1 aromatic heterocycles. The van der Waals surface area contributed by atoms with Crippen molar-refractivity contribution in [3.05, 3.63) is 24.0 Å². The van der Waals surface area contributed by atoms with E-state index in [2.05, 4.69) is 15.0 Å². The summed E-state index contributed by atoms with van der Waals surface area (Å²) in [4.78, 5) is 15.3. The number of nitrogens with zero attached hydrogens (tertiary/aromatic N) is 1. The Morgan fingerprint density at radius 1 is 1.77 bits per heavy atom. The summed E-state index contributed by atoms with van der Waals surface area (Å²) in [7, 11) is 1.39. The topological polar surface area (TPSA) is 51.2 Å². The number of hydrogen-bond acceptors (Lipinski definition) is 4. The number of methoxy groups -OCH3 is 1. The Balaban J connectivity index is 2.18. The Morgan fingerprint density at radius 3 is 3.31 bits per heavy atom. The van der Waals surface area contributed by atoms with E-state index in [0.29, 0.717) is 6.42 Å². The first-order chi connectivity index (χ1) is 6.31. The molecule has 1 atom stereocenters. The maximum Gasteiger partial charge on any atom is 0.328 e. The first-order valence-corrected chi connectivity index (χ1v) is 4.09. The molecule has 68 valence electrons. The van der Waals surface area contributed by atoms with Gasteiger partial charge >= 0.3 is 5.97 Å². The summed E-state index contributed by atoms with van der Waals surface area (Å²) in [5.41, 5.74) is 1.86. The van der Waals surface area contributed by atoms with E-state index in [0.717, 1.165) is 11.4 Å². The van der Waals surface area contributed by atoms with E-state index >= 15 is 0 Å². The van der Waals surface area contributed by atoms with Crippen LogP contribution in [-0.2, 0) is 16.0 Å². The maximum absolute atomic E-state index is 11.2. The van der Waals surface area contributed by atoms with Crippen molar-refractivity contribution in [3.63, 3.8) is 0 Å². The molecule has 13 heavy (non-hydrogen) atoms. The second kappa shape index (κ2) is 3.05. The summed E-state index contributed by atoms with van der Waals surface area (Å²) in [6.07, 6.45) is 2.34. The van der Waals surface area contributed by atoms with Crippen molar-refractivity contribution in [2.45, 2.75) is 12.5 Å². The molecule has 0 aliphatic carbocycles. The number of esters is 1. The molecule has 1 unspecified atom stereocenters. The van der Waals surface area contributed by atoms with Crippen LogP contribution in [0, 0.1) is 0 Å². The van der Waals surface area contributed by atoms with Gasteiger partial charge in [-0.1, -0.05) is 0 Å². The Morgan fingerprint density at radius 2 is 2.62 bits per heavy atom. The molecular formula is C9H10N2O2. The first-order valence-electron chi connectivity index (χ1n) is 4.09. The van der Waals surface area contributed by atoms with Crippen molar-refractivity contribution in [2.24, 2.45) is 0 Å². The lowest BCUT2D eigenvalue weighted by atomic mass is 10.2. The third-order valence-electron chi connectivity index (χ3n) is 2.10. The molecule has 0 bridgehead atoms. The van der Waals surface area contributed by atoms with Crippen molar-refractivity contribution in [2.75, 3.05) is 12.4 Å². The van der Waals surface area contributed by atoms with Crippen molar-refractivity contribution < 1.29 is 9.53 Å². The number of nitrogens with one attached hydrogen (secondary N) is 1. The summed E-state index contributed by atoms with van der Waals surface area (Å²) in [5, 5.41) is 3.05. The number of rotatable bonds is 1. The molecule has 0 saturated heterocycles. The molecule has 0 spiro atoms. The van der Waals surface area contributed by atoms with Crippen LogP contribution in [-0.4, -0.2) is 24.1 Å². The second-order valence-corrected chi connectivity index (χ2v) is 2.92. The standard InChI is InChI=1S/C9H10N2O2/c1-13-9(12)8-5-7-6(11-8)3-2-4-10-7/h2-4,8,11H,5H2,1H3. The number of pyridine rings is 1. The van der Waals surface area contributed by atoms with Gasteiger partial charge < -0.3 is 10.1 Å². The first kappa shape index (κ1) is 8.04. The SMILES string of the molecule is COC(=O)C1Cc2ncccc2N1. The van der Waals surface area contributed by atoms with Gasteiger partial charge in [-0.3, -0.25) is 4.98 Å².